The van der Waals surface area contributed by atoms with Crippen molar-refractivity contribution < 1.29 is 14.4 Å². The van der Waals surface area contributed by atoms with Gasteiger partial charge in [-0.15, -0.1) is 0 Å². The summed E-state index contributed by atoms with van der Waals surface area (Å²) < 4.78 is 0. The van der Waals surface area contributed by atoms with E-state index in [-0.39, 0.29) is 24.1 Å². The second-order valence-electron chi connectivity index (χ2n) is 7.35. The second kappa shape index (κ2) is 11.0. The first-order valence-corrected chi connectivity index (χ1v) is 10.3. The minimum atomic E-state index is -0.890. The van der Waals surface area contributed by atoms with Crippen LogP contribution in [0.3, 0.4) is 0 Å². The molecule has 1 atom stereocenters. The number of nitrogens with one attached hydrogen (secondary N) is 2. The van der Waals surface area contributed by atoms with E-state index in [2.05, 4.69) is 10.6 Å². The number of hydrogen-bond acceptors (Lipinski definition) is 3. The summed E-state index contributed by atoms with van der Waals surface area (Å²) in [7, 11) is 1.50. The smallest absolute Gasteiger partial charge is 0.250 e. The Hall–Kier alpha value is -2.57. The van der Waals surface area contributed by atoms with Crippen LogP contribution in [0, 0.1) is 5.92 Å². The summed E-state index contributed by atoms with van der Waals surface area (Å²) in [6.07, 6.45) is 0.297. The maximum absolute atomic E-state index is 13.1. The number of carbonyl (C=O) groups is 3. The average Bonchev–Trinajstić information content (AvgIpc) is 2.68. The highest BCUT2D eigenvalue weighted by atomic mass is 35.5. The molecule has 2 N–H and O–H groups in total. The molecule has 8 heteroatoms. The Morgan fingerprint density at radius 2 is 1.53 bits per heavy atom. The van der Waals surface area contributed by atoms with E-state index in [0.717, 1.165) is 0 Å². The number of para-hydroxylation sites is 1. The van der Waals surface area contributed by atoms with Crippen LogP contribution < -0.4 is 10.6 Å². The van der Waals surface area contributed by atoms with E-state index < -0.39 is 17.9 Å². The lowest BCUT2D eigenvalue weighted by molar-refractivity contribution is -0.137. The monoisotopic (exact) mass is 449 g/mol. The number of hydrogen-bond donors (Lipinski definition) is 2. The normalized spacial score (nSPS) is 11.7. The molecular weight excluding hydrogens is 425 g/mol. The Balaban J connectivity index is 2.12. The molecule has 0 aliphatic rings. The van der Waals surface area contributed by atoms with Gasteiger partial charge in [-0.05, 0) is 23.6 Å². The third kappa shape index (κ3) is 6.75. The van der Waals surface area contributed by atoms with Gasteiger partial charge in [0.2, 0.25) is 17.7 Å². The number of benzene rings is 2. The second-order valence-corrected chi connectivity index (χ2v) is 8.16. The summed E-state index contributed by atoms with van der Waals surface area (Å²) in [5.41, 5.74) is 0.928. The van der Waals surface area contributed by atoms with Crippen LogP contribution in [0.5, 0.6) is 0 Å². The van der Waals surface area contributed by atoms with Crippen molar-refractivity contribution in [2.24, 2.45) is 5.92 Å². The van der Waals surface area contributed by atoms with Gasteiger partial charge >= 0.3 is 0 Å². The molecule has 1 unspecified atom stereocenters. The highest BCUT2D eigenvalue weighted by molar-refractivity contribution is 6.39. The maximum Gasteiger partial charge on any atom is 0.250 e. The zero-order valence-electron chi connectivity index (χ0n) is 17.1. The van der Waals surface area contributed by atoms with Gasteiger partial charge in [0.05, 0.1) is 22.3 Å². The lowest BCUT2D eigenvalue weighted by atomic mass is 10.0. The number of anilines is 1. The van der Waals surface area contributed by atoms with Crippen LogP contribution in [0.15, 0.2) is 48.5 Å². The number of halogens is 2. The van der Waals surface area contributed by atoms with E-state index in [9.17, 15) is 14.4 Å². The van der Waals surface area contributed by atoms with Crippen molar-refractivity contribution in [3.63, 3.8) is 0 Å². The molecule has 0 radical (unpaired) electrons. The Morgan fingerprint density at radius 3 is 2.10 bits per heavy atom. The van der Waals surface area contributed by atoms with Crippen molar-refractivity contribution in [1.82, 2.24) is 10.2 Å². The summed E-state index contributed by atoms with van der Waals surface area (Å²) in [5, 5.41) is 6.01. The quantitative estimate of drug-likeness (QED) is 0.630. The molecule has 0 spiro atoms. The minimum absolute atomic E-state index is 0.153. The Morgan fingerprint density at radius 1 is 0.933 bits per heavy atom. The van der Waals surface area contributed by atoms with Crippen LogP contribution >= 0.6 is 23.2 Å². The molecule has 160 valence electrons. The summed E-state index contributed by atoms with van der Waals surface area (Å²) in [6, 6.07) is 12.9. The number of likely N-dealkylation sites (N-methyl/N-ethyl adjacent to an activating group) is 1. The van der Waals surface area contributed by atoms with Crippen molar-refractivity contribution in [3.8, 4) is 0 Å². The Kier molecular flexibility index (Phi) is 8.69. The highest BCUT2D eigenvalue weighted by Gasteiger charge is 2.27. The highest BCUT2D eigenvalue weighted by Crippen LogP contribution is 2.29. The van der Waals surface area contributed by atoms with Crippen molar-refractivity contribution in [3.05, 3.63) is 64.1 Å². The van der Waals surface area contributed by atoms with Crippen LogP contribution in [0.25, 0.3) is 0 Å². The third-order valence-corrected chi connectivity index (χ3v) is 4.89. The Labute approximate surface area is 186 Å². The van der Waals surface area contributed by atoms with Gasteiger partial charge in [-0.2, -0.15) is 0 Å². The SMILES string of the molecule is CC(C)CC(=O)NC(C(=O)N(C)CC(=O)Nc1c(Cl)cccc1Cl)c1ccccc1. The van der Waals surface area contributed by atoms with E-state index in [0.29, 0.717) is 22.0 Å². The summed E-state index contributed by atoms with van der Waals surface area (Å²) in [5.74, 6) is -0.937. The molecule has 0 aromatic heterocycles. The first-order chi connectivity index (χ1) is 14.2. The molecule has 0 heterocycles. The van der Waals surface area contributed by atoms with Crippen LogP contribution in [0.4, 0.5) is 5.69 Å². The molecule has 0 aliphatic carbocycles. The van der Waals surface area contributed by atoms with E-state index in [1.807, 2.05) is 19.9 Å². The molecule has 2 aromatic rings. The summed E-state index contributed by atoms with van der Waals surface area (Å²) in [4.78, 5) is 39.1. The fourth-order valence-corrected chi connectivity index (χ4v) is 3.33. The van der Waals surface area contributed by atoms with Crippen LogP contribution in [-0.2, 0) is 14.4 Å². The van der Waals surface area contributed by atoms with Crippen LogP contribution in [0.2, 0.25) is 10.0 Å². The van der Waals surface area contributed by atoms with Gasteiger partial charge in [-0.25, -0.2) is 0 Å². The minimum Gasteiger partial charge on any atom is -0.341 e. The van der Waals surface area contributed by atoms with E-state index in [4.69, 9.17) is 23.2 Å². The van der Waals surface area contributed by atoms with E-state index in [1.165, 1.54) is 11.9 Å². The molecule has 0 bridgehead atoms. The first kappa shape index (κ1) is 23.7. The number of nitrogens with zero attached hydrogens (tertiary/aromatic N) is 1. The van der Waals surface area contributed by atoms with Gasteiger partial charge < -0.3 is 15.5 Å². The molecule has 30 heavy (non-hydrogen) atoms. The predicted octanol–water partition coefficient (Wildman–Crippen LogP) is 4.29. The van der Waals surface area contributed by atoms with Crippen molar-refractivity contribution >= 4 is 46.6 Å². The van der Waals surface area contributed by atoms with Crippen LogP contribution in [-0.4, -0.2) is 36.2 Å². The number of rotatable bonds is 8. The van der Waals surface area contributed by atoms with Gasteiger partial charge in [-0.1, -0.05) is 73.4 Å². The molecule has 2 aromatic carbocycles. The number of amides is 3. The lowest BCUT2D eigenvalue weighted by Crippen LogP contribution is -2.44. The zero-order chi connectivity index (χ0) is 22.3. The maximum atomic E-state index is 13.1. The third-order valence-electron chi connectivity index (χ3n) is 4.26. The van der Waals surface area contributed by atoms with Crippen LogP contribution in [0.1, 0.15) is 31.9 Å². The molecule has 0 aliphatic heterocycles. The summed E-state index contributed by atoms with van der Waals surface area (Å²) in [6.45, 7) is 3.62. The van der Waals surface area contributed by atoms with Gasteiger partial charge in [0, 0.05) is 13.5 Å². The molecule has 2 rings (SSSR count). The molecule has 3 amide bonds. The van der Waals surface area contributed by atoms with E-state index >= 15 is 0 Å². The first-order valence-electron chi connectivity index (χ1n) is 9.52. The molecule has 0 saturated carbocycles. The largest absolute Gasteiger partial charge is 0.341 e. The van der Waals surface area contributed by atoms with Gasteiger partial charge in [0.25, 0.3) is 0 Å². The molecular formula is C22H25Cl2N3O3. The van der Waals surface area contributed by atoms with Crippen molar-refractivity contribution in [2.75, 3.05) is 18.9 Å². The van der Waals surface area contributed by atoms with Crippen molar-refractivity contribution in [1.29, 1.82) is 0 Å². The number of carbonyl (C=O) groups excluding carboxylic acids is 3. The fourth-order valence-electron chi connectivity index (χ4n) is 2.83. The molecule has 6 nitrogen and oxygen atoms in total. The fraction of sp³-hybridized carbons (Fsp3) is 0.318. The lowest BCUT2D eigenvalue weighted by Gasteiger charge is -2.25. The predicted molar refractivity (Wildman–Crippen MR) is 120 cm³/mol. The average molecular weight is 450 g/mol. The van der Waals surface area contributed by atoms with Gasteiger partial charge in [0.1, 0.15) is 6.04 Å². The van der Waals surface area contributed by atoms with Gasteiger partial charge in [0.15, 0.2) is 0 Å². The molecule has 0 fully saturated rings. The zero-order valence-corrected chi connectivity index (χ0v) is 18.6. The van der Waals surface area contributed by atoms with Gasteiger partial charge in [-0.3, -0.25) is 14.4 Å². The van der Waals surface area contributed by atoms with E-state index in [1.54, 1.807) is 42.5 Å². The van der Waals surface area contributed by atoms with Crippen molar-refractivity contribution in [2.45, 2.75) is 26.3 Å². The summed E-state index contributed by atoms with van der Waals surface area (Å²) >= 11 is 12.1. The topological polar surface area (TPSA) is 78.5 Å². The molecule has 0 saturated heterocycles. The standard InChI is InChI=1S/C22H25Cl2N3O3/c1-14(2)12-18(28)25-20(15-8-5-4-6-9-15)22(30)27(3)13-19(29)26-21-16(23)10-7-11-17(21)24/h4-11,14,20H,12-13H2,1-3H3,(H,25,28)(H,26,29). The Bertz CT molecular complexity index is 884.